The van der Waals surface area contributed by atoms with E-state index in [1.54, 1.807) is 44.2 Å². The number of benzene rings is 2. The van der Waals surface area contributed by atoms with Crippen molar-refractivity contribution in [2.24, 2.45) is 5.92 Å². The summed E-state index contributed by atoms with van der Waals surface area (Å²) in [5.74, 6) is -0.113. The third-order valence-electron chi connectivity index (χ3n) is 3.41. The molecule has 0 aliphatic carbocycles. The summed E-state index contributed by atoms with van der Waals surface area (Å²) in [6, 6.07) is 10.3. The van der Waals surface area contributed by atoms with E-state index in [2.05, 4.69) is 33.2 Å². The highest BCUT2D eigenvalue weighted by Crippen LogP contribution is 2.29. The Kier molecular flexibility index (Phi) is 6.66. The van der Waals surface area contributed by atoms with E-state index < -0.39 is 0 Å². The van der Waals surface area contributed by atoms with E-state index >= 15 is 0 Å². The lowest BCUT2D eigenvalue weighted by atomic mass is 10.2. The van der Waals surface area contributed by atoms with E-state index in [0.717, 1.165) is 3.57 Å². The average molecular weight is 473 g/mol. The Morgan fingerprint density at radius 3 is 2.48 bits per heavy atom. The van der Waals surface area contributed by atoms with Crippen LogP contribution in [0.5, 0.6) is 5.75 Å². The number of carbonyl (C=O) groups is 2. The van der Waals surface area contributed by atoms with E-state index in [9.17, 15) is 9.59 Å². The Morgan fingerprint density at radius 2 is 1.84 bits per heavy atom. The van der Waals surface area contributed by atoms with E-state index in [0.29, 0.717) is 27.7 Å². The van der Waals surface area contributed by atoms with Crippen LogP contribution < -0.4 is 15.4 Å². The molecule has 0 unspecified atom stereocenters. The molecular weight excluding hydrogens is 455 g/mol. The Balaban J connectivity index is 2.21. The van der Waals surface area contributed by atoms with Crippen molar-refractivity contribution in [1.82, 2.24) is 0 Å². The third kappa shape index (κ3) is 5.09. The van der Waals surface area contributed by atoms with Crippen molar-refractivity contribution in [2.75, 3.05) is 17.7 Å². The molecule has 2 aromatic carbocycles. The highest BCUT2D eigenvalue weighted by molar-refractivity contribution is 14.1. The number of anilines is 2. The summed E-state index contributed by atoms with van der Waals surface area (Å²) >= 11 is 8.21. The van der Waals surface area contributed by atoms with Gasteiger partial charge in [-0.25, -0.2) is 0 Å². The number of halogens is 2. The molecule has 0 saturated carbocycles. The second kappa shape index (κ2) is 8.53. The maximum absolute atomic E-state index is 12.4. The number of ether oxygens (including phenoxy) is 1. The number of amides is 2. The summed E-state index contributed by atoms with van der Waals surface area (Å²) < 4.78 is 6.22. The van der Waals surface area contributed by atoms with Gasteiger partial charge in [-0.3, -0.25) is 9.59 Å². The lowest BCUT2D eigenvalue weighted by Crippen LogP contribution is -2.18. The van der Waals surface area contributed by atoms with Crippen molar-refractivity contribution in [1.29, 1.82) is 0 Å². The molecule has 0 heterocycles. The Morgan fingerprint density at radius 1 is 1.12 bits per heavy atom. The SMILES string of the molecule is COc1cc(NC(=O)c2cc(I)ccc2Cl)ccc1NC(=O)C(C)C. The van der Waals surface area contributed by atoms with Crippen LogP contribution >= 0.6 is 34.2 Å². The van der Waals surface area contributed by atoms with Crippen LogP contribution in [0.25, 0.3) is 0 Å². The molecule has 2 aromatic rings. The molecule has 0 bridgehead atoms. The molecule has 0 atom stereocenters. The zero-order chi connectivity index (χ0) is 18.6. The van der Waals surface area contributed by atoms with Crippen molar-refractivity contribution < 1.29 is 14.3 Å². The number of carbonyl (C=O) groups excluding carboxylic acids is 2. The van der Waals surface area contributed by atoms with Gasteiger partial charge in [0.25, 0.3) is 5.91 Å². The van der Waals surface area contributed by atoms with E-state index in [1.807, 2.05) is 6.07 Å². The van der Waals surface area contributed by atoms with Gasteiger partial charge < -0.3 is 15.4 Å². The normalized spacial score (nSPS) is 10.5. The van der Waals surface area contributed by atoms with Crippen LogP contribution in [0, 0.1) is 9.49 Å². The van der Waals surface area contributed by atoms with Gasteiger partial charge in [0.05, 0.1) is 23.4 Å². The van der Waals surface area contributed by atoms with Gasteiger partial charge in [-0.1, -0.05) is 25.4 Å². The van der Waals surface area contributed by atoms with Crippen molar-refractivity contribution >= 4 is 57.4 Å². The Labute approximate surface area is 165 Å². The van der Waals surface area contributed by atoms with Gasteiger partial charge in [-0.2, -0.15) is 0 Å². The molecule has 0 spiro atoms. The summed E-state index contributed by atoms with van der Waals surface area (Å²) in [5.41, 5.74) is 1.48. The van der Waals surface area contributed by atoms with Crippen LogP contribution in [0.2, 0.25) is 5.02 Å². The molecule has 0 saturated heterocycles. The standard InChI is InChI=1S/C18H18ClIN2O3/c1-10(2)17(23)22-15-7-5-12(9-16(15)25-3)21-18(24)13-8-11(20)4-6-14(13)19/h4-10H,1-3H3,(H,21,24)(H,22,23). The Hall–Kier alpha value is -1.80. The lowest BCUT2D eigenvalue weighted by molar-refractivity contribution is -0.118. The second-order valence-electron chi connectivity index (χ2n) is 5.64. The molecule has 2 rings (SSSR count). The van der Waals surface area contributed by atoms with Gasteiger partial charge in [-0.15, -0.1) is 0 Å². The highest BCUT2D eigenvalue weighted by atomic mass is 127. The van der Waals surface area contributed by atoms with E-state index in [4.69, 9.17) is 16.3 Å². The molecule has 25 heavy (non-hydrogen) atoms. The first-order valence-electron chi connectivity index (χ1n) is 7.57. The van der Waals surface area contributed by atoms with Gasteiger partial charge >= 0.3 is 0 Å². The summed E-state index contributed by atoms with van der Waals surface area (Å²) in [5, 5.41) is 5.96. The van der Waals surface area contributed by atoms with Crippen molar-refractivity contribution in [3.8, 4) is 5.75 Å². The number of rotatable bonds is 5. The summed E-state index contributed by atoms with van der Waals surface area (Å²) in [4.78, 5) is 24.3. The average Bonchev–Trinajstić information content (AvgIpc) is 2.58. The second-order valence-corrected chi connectivity index (χ2v) is 7.29. The molecule has 2 N–H and O–H groups in total. The van der Waals surface area contributed by atoms with Gasteiger partial charge in [-0.05, 0) is 52.9 Å². The molecular formula is C18H18ClIN2O3. The van der Waals surface area contributed by atoms with Crippen LogP contribution in [0.15, 0.2) is 36.4 Å². The zero-order valence-corrected chi connectivity index (χ0v) is 16.9. The largest absolute Gasteiger partial charge is 0.494 e. The lowest BCUT2D eigenvalue weighted by Gasteiger charge is -2.14. The summed E-state index contributed by atoms with van der Waals surface area (Å²) in [6.45, 7) is 3.61. The fraction of sp³-hybridized carbons (Fsp3) is 0.222. The predicted octanol–water partition coefficient (Wildman–Crippen LogP) is 4.80. The summed E-state index contributed by atoms with van der Waals surface area (Å²) in [6.07, 6.45) is 0. The van der Waals surface area contributed by atoms with Crippen LogP contribution in [0.3, 0.4) is 0 Å². The first-order chi connectivity index (χ1) is 11.8. The fourth-order valence-electron chi connectivity index (χ4n) is 2.02. The number of nitrogens with one attached hydrogen (secondary N) is 2. The molecule has 0 aliphatic heterocycles. The Bertz CT molecular complexity index is 809. The molecule has 0 aliphatic rings. The molecule has 5 nitrogen and oxygen atoms in total. The van der Waals surface area contributed by atoms with Crippen LogP contribution in [0.4, 0.5) is 11.4 Å². The third-order valence-corrected chi connectivity index (χ3v) is 4.42. The van der Waals surface area contributed by atoms with Gasteiger partial charge in [0.1, 0.15) is 5.75 Å². The first kappa shape index (κ1) is 19.5. The van der Waals surface area contributed by atoms with Gasteiger partial charge in [0, 0.05) is 21.2 Å². The monoisotopic (exact) mass is 472 g/mol. The highest BCUT2D eigenvalue weighted by Gasteiger charge is 2.14. The van der Waals surface area contributed by atoms with Gasteiger partial charge in [0.2, 0.25) is 5.91 Å². The van der Waals surface area contributed by atoms with E-state index in [1.165, 1.54) is 7.11 Å². The number of methoxy groups -OCH3 is 1. The van der Waals surface area contributed by atoms with E-state index in [-0.39, 0.29) is 17.7 Å². The number of hydrogen-bond acceptors (Lipinski definition) is 3. The van der Waals surface area contributed by atoms with Gasteiger partial charge in [0.15, 0.2) is 0 Å². The van der Waals surface area contributed by atoms with Crippen molar-refractivity contribution in [3.63, 3.8) is 0 Å². The fourth-order valence-corrected chi connectivity index (χ4v) is 2.71. The smallest absolute Gasteiger partial charge is 0.257 e. The summed E-state index contributed by atoms with van der Waals surface area (Å²) in [7, 11) is 1.50. The first-order valence-corrected chi connectivity index (χ1v) is 9.02. The quantitative estimate of drug-likeness (QED) is 0.614. The van der Waals surface area contributed by atoms with Crippen LogP contribution in [0.1, 0.15) is 24.2 Å². The minimum Gasteiger partial charge on any atom is -0.494 e. The molecule has 132 valence electrons. The minimum absolute atomic E-state index is 0.110. The molecule has 0 fully saturated rings. The molecule has 0 aromatic heterocycles. The minimum atomic E-state index is -0.315. The number of hydrogen-bond donors (Lipinski definition) is 2. The van der Waals surface area contributed by atoms with Crippen LogP contribution in [-0.2, 0) is 4.79 Å². The molecule has 2 amide bonds. The molecule has 0 radical (unpaired) electrons. The zero-order valence-electron chi connectivity index (χ0n) is 14.0. The maximum Gasteiger partial charge on any atom is 0.257 e. The van der Waals surface area contributed by atoms with Crippen LogP contribution in [-0.4, -0.2) is 18.9 Å². The molecule has 7 heteroatoms. The van der Waals surface area contributed by atoms with Crippen molar-refractivity contribution in [3.05, 3.63) is 50.6 Å². The van der Waals surface area contributed by atoms with Crippen molar-refractivity contribution in [2.45, 2.75) is 13.8 Å². The maximum atomic E-state index is 12.4. The topological polar surface area (TPSA) is 67.4 Å². The predicted molar refractivity (Wildman–Crippen MR) is 109 cm³/mol.